The van der Waals surface area contributed by atoms with Crippen molar-refractivity contribution in [3.63, 3.8) is 0 Å². The van der Waals surface area contributed by atoms with E-state index < -0.39 is 23.5 Å². The van der Waals surface area contributed by atoms with Crippen molar-refractivity contribution in [2.24, 2.45) is 0 Å². The standard InChI is InChI=1S/C25H22F4N4O/c1-14-3-4-16-10-18(7-5-15(16)9-14)32-23-12-22(20(13-31-23)25(27,28)29)33-21-8-6-17(26)11-19(21)24(34)30-2/h5-8,10-13H,1,3-4,9H2,2H3,(H,30,34)(H2,31,32,33). The summed E-state index contributed by atoms with van der Waals surface area (Å²) < 4.78 is 54.7. The third kappa shape index (κ3) is 5.03. The van der Waals surface area contributed by atoms with E-state index >= 15 is 0 Å². The number of nitrogens with zero attached hydrogens (tertiary/aromatic N) is 1. The number of alkyl halides is 3. The number of pyridine rings is 1. The second-order valence-corrected chi connectivity index (χ2v) is 8.04. The Balaban J connectivity index is 1.68. The highest BCUT2D eigenvalue weighted by Gasteiger charge is 2.34. The number of hydrogen-bond acceptors (Lipinski definition) is 4. The Morgan fingerprint density at radius 2 is 1.79 bits per heavy atom. The first-order chi connectivity index (χ1) is 16.1. The van der Waals surface area contributed by atoms with E-state index in [-0.39, 0.29) is 22.8 Å². The number of halogens is 4. The number of aryl methyl sites for hydroxylation is 1. The lowest BCUT2D eigenvalue weighted by Crippen LogP contribution is -2.20. The van der Waals surface area contributed by atoms with Crippen molar-refractivity contribution in [2.45, 2.75) is 25.4 Å². The summed E-state index contributed by atoms with van der Waals surface area (Å²) in [6, 6.07) is 10.2. The van der Waals surface area contributed by atoms with Crippen molar-refractivity contribution in [1.29, 1.82) is 0 Å². The first-order valence-electron chi connectivity index (χ1n) is 10.6. The normalized spacial score (nSPS) is 13.3. The van der Waals surface area contributed by atoms with Crippen LogP contribution < -0.4 is 16.0 Å². The molecule has 34 heavy (non-hydrogen) atoms. The zero-order valence-corrected chi connectivity index (χ0v) is 18.3. The molecule has 0 aliphatic heterocycles. The molecule has 176 valence electrons. The first-order valence-corrected chi connectivity index (χ1v) is 10.6. The largest absolute Gasteiger partial charge is 0.419 e. The quantitative estimate of drug-likeness (QED) is 0.310. The van der Waals surface area contributed by atoms with Crippen LogP contribution in [0.25, 0.3) is 0 Å². The molecule has 1 aliphatic carbocycles. The zero-order chi connectivity index (χ0) is 24.5. The molecule has 3 aromatic rings. The van der Waals surface area contributed by atoms with Crippen LogP contribution in [-0.2, 0) is 19.0 Å². The molecule has 0 atom stereocenters. The number of benzene rings is 2. The third-order valence-electron chi connectivity index (χ3n) is 5.60. The van der Waals surface area contributed by atoms with Gasteiger partial charge in [-0.2, -0.15) is 13.2 Å². The second-order valence-electron chi connectivity index (χ2n) is 8.04. The molecular weight excluding hydrogens is 448 g/mol. The Hall–Kier alpha value is -3.88. The lowest BCUT2D eigenvalue weighted by molar-refractivity contribution is -0.137. The molecule has 1 aliphatic rings. The molecule has 0 saturated carbocycles. The molecule has 1 aromatic heterocycles. The van der Waals surface area contributed by atoms with Gasteiger partial charge in [-0.15, -0.1) is 0 Å². The van der Waals surface area contributed by atoms with Crippen LogP contribution >= 0.6 is 0 Å². The van der Waals surface area contributed by atoms with Crippen molar-refractivity contribution in [3.8, 4) is 0 Å². The minimum atomic E-state index is -4.70. The number of fused-ring (bicyclic) bond motifs is 1. The number of amides is 1. The zero-order valence-electron chi connectivity index (χ0n) is 18.3. The van der Waals surface area contributed by atoms with E-state index in [1.807, 2.05) is 18.2 Å². The molecule has 5 nitrogen and oxygen atoms in total. The van der Waals surface area contributed by atoms with Crippen molar-refractivity contribution < 1.29 is 22.4 Å². The van der Waals surface area contributed by atoms with Crippen LogP contribution in [0.1, 0.15) is 33.5 Å². The number of allylic oxidation sites excluding steroid dienone is 1. The highest BCUT2D eigenvalue weighted by atomic mass is 19.4. The number of aromatic nitrogens is 1. The van der Waals surface area contributed by atoms with E-state index in [2.05, 4.69) is 27.5 Å². The number of rotatable bonds is 5. The maximum absolute atomic E-state index is 13.7. The Morgan fingerprint density at radius 1 is 1.00 bits per heavy atom. The third-order valence-corrected chi connectivity index (χ3v) is 5.60. The molecule has 1 heterocycles. The van der Waals surface area contributed by atoms with Crippen molar-refractivity contribution in [1.82, 2.24) is 10.3 Å². The summed E-state index contributed by atoms with van der Waals surface area (Å²) >= 11 is 0. The van der Waals surface area contributed by atoms with Crippen molar-refractivity contribution >= 4 is 28.8 Å². The fourth-order valence-corrected chi connectivity index (χ4v) is 3.87. The summed E-state index contributed by atoms with van der Waals surface area (Å²) in [5.74, 6) is -1.15. The van der Waals surface area contributed by atoms with Gasteiger partial charge in [-0.3, -0.25) is 4.79 Å². The molecule has 4 rings (SSSR count). The minimum Gasteiger partial charge on any atom is -0.355 e. The summed E-state index contributed by atoms with van der Waals surface area (Å²) in [5, 5.41) is 8.03. The summed E-state index contributed by atoms with van der Waals surface area (Å²) in [6.45, 7) is 4.03. The fourth-order valence-electron chi connectivity index (χ4n) is 3.87. The van der Waals surface area contributed by atoms with Gasteiger partial charge in [-0.05, 0) is 60.7 Å². The van der Waals surface area contributed by atoms with Gasteiger partial charge in [0.15, 0.2) is 0 Å². The number of hydrogen-bond donors (Lipinski definition) is 3. The smallest absolute Gasteiger partial charge is 0.355 e. The average molecular weight is 470 g/mol. The highest BCUT2D eigenvalue weighted by molar-refractivity contribution is 6.00. The van der Waals surface area contributed by atoms with Crippen LogP contribution in [0.3, 0.4) is 0 Å². The fraction of sp³-hybridized carbons (Fsp3) is 0.200. The van der Waals surface area contributed by atoms with Crippen LogP contribution in [-0.4, -0.2) is 17.9 Å². The minimum absolute atomic E-state index is 0.0254. The number of anilines is 4. The Morgan fingerprint density at radius 3 is 2.53 bits per heavy atom. The van der Waals surface area contributed by atoms with Gasteiger partial charge in [0.2, 0.25) is 0 Å². The van der Waals surface area contributed by atoms with Gasteiger partial charge in [0.1, 0.15) is 11.6 Å². The van der Waals surface area contributed by atoms with Crippen molar-refractivity contribution in [3.05, 3.63) is 88.9 Å². The predicted octanol–water partition coefficient (Wildman–Crippen LogP) is 6.13. The molecule has 9 heteroatoms. The summed E-state index contributed by atoms with van der Waals surface area (Å²) in [4.78, 5) is 16.1. The Kier molecular flexibility index (Phi) is 6.28. The molecule has 0 spiro atoms. The van der Waals surface area contributed by atoms with E-state index in [0.717, 1.165) is 43.2 Å². The number of carbonyl (C=O) groups excluding carboxylic acids is 1. The topological polar surface area (TPSA) is 66.0 Å². The number of carbonyl (C=O) groups is 1. The molecule has 3 N–H and O–H groups in total. The van der Waals surface area contributed by atoms with E-state index in [9.17, 15) is 22.4 Å². The lowest BCUT2D eigenvalue weighted by atomic mass is 9.88. The van der Waals surface area contributed by atoms with Crippen LogP contribution in [0, 0.1) is 5.82 Å². The van der Waals surface area contributed by atoms with E-state index in [4.69, 9.17) is 0 Å². The molecular formula is C25H22F4N4O. The van der Waals surface area contributed by atoms with Crippen LogP contribution in [0.2, 0.25) is 0 Å². The van der Waals surface area contributed by atoms with Crippen LogP contribution in [0.15, 0.2) is 60.8 Å². The average Bonchev–Trinajstić information content (AvgIpc) is 2.79. The number of nitrogens with one attached hydrogen (secondary N) is 3. The summed E-state index contributed by atoms with van der Waals surface area (Å²) in [6.07, 6.45) is -1.42. The predicted molar refractivity (Wildman–Crippen MR) is 123 cm³/mol. The molecule has 0 fully saturated rings. The van der Waals surface area contributed by atoms with E-state index in [1.54, 1.807) is 0 Å². The van der Waals surface area contributed by atoms with Crippen LogP contribution in [0.4, 0.5) is 40.4 Å². The molecule has 2 aromatic carbocycles. The molecule has 0 bridgehead atoms. The van der Waals surface area contributed by atoms with Gasteiger partial charge in [-0.1, -0.05) is 18.2 Å². The molecule has 0 saturated heterocycles. The maximum Gasteiger partial charge on any atom is 0.419 e. The van der Waals surface area contributed by atoms with Crippen LogP contribution in [0.5, 0.6) is 0 Å². The summed E-state index contributed by atoms with van der Waals surface area (Å²) in [7, 11) is 1.35. The van der Waals surface area contributed by atoms with E-state index in [0.29, 0.717) is 5.69 Å². The Labute approximate surface area is 193 Å². The molecule has 1 amide bonds. The monoisotopic (exact) mass is 470 g/mol. The van der Waals surface area contributed by atoms with Gasteiger partial charge in [0.05, 0.1) is 22.5 Å². The molecule has 0 radical (unpaired) electrons. The first kappa shape index (κ1) is 23.3. The molecule has 0 unspecified atom stereocenters. The Bertz CT molecular complexity index is 1270. The van der Waals surface area contributed by atoms with Gasteiger partial charge in [0, 0.05) is 25.0 Å². The maximum atomic E-state index is 13.7. The second kappa shape index (κ2) is 9.17. The SMILES string of the molecule is C=C1CCc2cc(Nc3cc(Nc4ccc(F)cc4C(=O)NC)c(C(F)(F)F)cn3)ccc2C1. The van der Waals surface area contributed by atoms with Gasteiger partial charge < -0.3 is 16.0 Å². The van der Waals surface area contributed by atoms with Gasteiger partial charge >= 0.3 is 6.18 Å². The highest BCUT2D eigenvalue weighted by Crippen LogP contribution is 2.38. The van der Waals surface area contributed by atoms with Gasteiger partial charge in [0.25, 0.3) is 5.91 Å². The van der Waals surface area contributed by atoms with Gasteiger partial charge in [-0.25, -0.2) is 9.37 Å². The lowest BCUT2D eigenvalue weighted by Gasteiger charge is -2.20. The summed E-state index contributed by atoms with van der Waals surface area (Å²) in [5.41, 5.74) is 2.76. The van der Waals surface area contributed by atoms with E-state index in [1.165, 1.54) is 30.3 Å². The van der Waals surface area contributed by atoms with Crippen molar-refractivity contribution in [2.75, 3.05) is 17.7 Å².